The summed E-state index contributed by atoms with van der Waals surface area (Å²) >= 11 is 0. The molecule has 0 spiro atoms. The Morgan fingerprint density at radius 2 is 2.00 bits per heavy atom. The third-order valence-corrected chi connectivity index (χ3v) is 3.34. The van der Waals surface area contributed by atoms with Gasteiger partial charge in [-0.05, 0) is 55.9 Å². The summed E-state index contributed by atoms with van der Waals surface area (Å²) in [5.74, 6) is 1.13. The molecule has 1 aliphatic rings. The number of aryl methyl sites for hydroxylation is 2. The maximum absolute atomic E-state index is 9.74. The minimum atomic E-state index is 0.406. The monoisotopic (exact) mass is 201 g/mol. The second kappa shape index (κ2) is 2.78. The molecule has 1 aromatic heterocycles. The molecule has 1 heterocycles. The van der Waals surface area contributed by atoms with E-state index in [9.17, 15) is 5.11 Å². The molecule has 2 heteroatoms. The predicted molar refractivity (Wildman–Crippen MR) is 61.4 cm³/mol. The first kappa shape index (κ1) is 8.84. The lowest BCUT2D eigenvalue weighted by molar-refractivity contribution is 0.472. The molecule has 0 bridgehead atoms. The van der Waals surface area contributed by atoms with E-state index in [1.807, 2.05) is 19.1 Å². The maximum atomic E-state index is 9.74. The Hall–Kier alpha value is -1.44. The van der Waals surface area contributed by atoms with Gasteiger partial charge in [-0.3, -0.25) is 0 Å². The van der Waals surface area contributed by atoms with Crippen LogP contribution in [0.15, 0.2) is 12.1 Å². The highest BCUT2D eigenvalue weighted by atomic mass is 16.3. The van der Waals surface area contributed by atoms with Gasteiger partial charge in [0.05, 0.1) is 0 Å². The highest BCUT2D eigenvalue weighted by Crippen LogP contribution is 2.45. The molecule has 0 saturated heterocycles. The van der Waals surface area contributed by atoms with Gasteiger partial charge in [0.25, 0.3) is 0 Å². The zero-order valence-electron chi connectivity index (χ0n) is 9.09. The predicted octanol–water partition coefficient (Wildman–Crippen LogP) is 3.37. The summed E-state index contributed by atoms with van der Waals surface area (Å²) in [5, 5.41) is 10.9. The molecular formula is C13H15NO. The van der Waals surface area contributed by atoms with Crippen molar-refractivity contribution in [1.29, 1.82) is 0 Å². The van der Waals surface area contributed by atoms with Gasteiger partial charge in [-0.2, -0.15) is 0 Å². The van der Waals surface area contributed by atoms with Crippen molar-refractivity contribution in [1.82, 2.24) is 4.98 Å². The van der Waals surface area contributed by atoms with E-state index in [1.54, 1.807) is 0 Å². The number of phenolic OH excluding ortho intramolecular Hbond substituents is 1. The number of nitrogens with one attached hydrogen (secondary N) is 1. The second-order valence-electron chi connectivity index (χ2n) is 4.62. The average Bonchev–Trinajstić information content (AvgIpc) is 2.93. The van der Waals surface area contributed by atoms with Crippen LogP contribution in [-0.4, -0.2) is 10.1 Å². The standard InChI is InChI=1S/C13H15NO/c1-7-5-11-10(6-12(7)15)13(8(2)14-11)9-3-4-9/h5-6,9,14-15H,3-4H2,1-2H3. The molecule has 15 heavy (non-hydrogen) atoms. The lowest BCUT2D eigenvalue weighted by atomic mass is 10.0. The lowest BCUT2D eigenvalue weighted by Crippen LogP contribution is -1.80. The molecular weight excluding hydrogens is 186 g/mol. The van der Waals surface area contributed by atoms with Crippen molar-refractivity contribution in [3.05, 3.63) is 29.0 Å². The van der Waals surface area contributed by atoms with Crippen LogP contribution < -0.4 is 0 Å². The summed E-state index contributed by atoms with van der Waals surface area (Å²) in [6.07, 6.45) is 2.59. The van der Waals surface area contributed by atoms with Crippen molar-refractivity contribution in [2.24, 2.45) is 0 Å². The molecule has 78 valence electrons. The van der Waals surface area contributed by atoms with E-state index < -0.39 is 0 Å². The second-order valence-corrected chi connectivity index (χ2v) is 4.62. The fraction of sp³-hybridized carbons (Fsp3) is 0.385. The van der Waals surface area contributed by atoms with Gasteiger partial charge >= 0.3 is 0 Å². The number of aromatic amines is 1. The first-order valence-electron chi connectivity index (χ1n) is 5.48. The average molecular weight is 201 g/mol. The number of hydrogen-bond donors (Lipinski definition) is 2. The van der Waals surface area contributed by atoms with Crippen molar-refractivity contribution < 1.29 is 5.11 Å². The number of benzene rings is 1. The van der Waals surface area contributed by atoms with E-state index in [0.717, 1.165) is 17.0 Å². The SMILES string of the molecule is Cc1cc2[nH]c(C)c(C3CC3)c2cc1O. The Kier molecular flexibility index (Phi) is 1.64. The zero-order chi connectivity index (χ0) is 10.6. The topological polar surface area (TPSA) is 36.0 Å². The van der Waals surface area contributed by atoms with Gasteiger partial charge in [0, 0.05) is 16.6 Å². The van der Waals surface area contributed by atoms with Crippen LogP contribution in [0, 0.1) is 13.8 Å². The Balaban J connectivity index is 2.34. The number of hydrogen-bond acceptors (Lipinski definition) is 1. The van der Waals surface area contributed by atoms with Crippen LogP contribution in [0.2, 0.25) is 0 Å². The molecule has 2 aromatic rings. The zero-order valence-corrected chi connectivity index (χ0v) is 9.09. The molecule has 2 nitrogen and oxygen atoms in total. The van der Waals surface area contributed by atoms with Crippen LogP contribution in [0.25, 0.3) is 10.9 Å². The van der Waals surface area contributed by atoms with Gasteiger partial charge in [-0.25, -0.2) is 0 Å². The van der Waals surface area contributed by atoms with E-state index in [-0.39, 0.29) is 0 Å². The van der Waals surface area contributed by atoms with Crippen LogP contribution >= 0.6 is 0 Å². The molecule has 0 atom stereocenters. The van der Waals surface area contributed by atoms with Crippen LogP contribution in [0.3, 0.4) is 0 Å². The Labute approximate surface area is 88.9 Å². The molecule has 0 unspecified atom stereocenters. The lowest BCUT2D eigenvalue weighted by Gasteiger charge is -2.00. The van der Waals surface area contributed by atoms with Gasteiger partial charge in [-0.1, -0.05) is 0 Å². The summed E-state index contributed by atoms with van der Waals surface area (Å²) in [7, 11) is 0. The van der Waals surface area contributed by atoms with Crippen LogP contribution in [0.4, 0.5) is 0 Å². The Morgan fingerprint density at radius 1 is 1.27 bits per heavy atom. The summed E-state index contributed by atoms with van der Waals surface area (Å²) < 4.78 is 0. The molecule has 3 rings (SSSR count). The first-order chi connectivity index (χ1) is 7.16. The van der Waals surface area contributed by atoms with Crippen molar-refractivity contribution in [3.63, 3.8) is 0 Å². The Bertz CT molecular complexity index is 535. The van der Waals surface area contributed by atoms with Crippen LogP contribution in [0.1, 0.15) is 35.6 Å². The molecule has 0 aliphatic heterocycles. The highest BCUT2D eigenvalue weighted by Gasteiger charge is 2.28. The third-order valence-electron chi connectivity index (χ3n) is 3.34. The van der Waals surface area contributed by atoms with E-state index in [1.165, 1.54) is 29.5 Å². The van der Waals surface area contributed by atoms with E-state index in [4.69, 9.17) is 0 Å². The van der Waals surface area contributed by atoms with Crippen molar-refractivity contribution in [2.45, 2.75) is 32.6 Å². The van der Waals surface area contributed by atoms with Crippen molar-refractivity contribution in [3.8, 4) is 5.75 Å². The van der Waals surface area contributed by atoms with Crippen LogP contribution in [0.5, 0.6) is 5.75 Å². The first-order valence-corrected chi connectivity index (χ1v) is 5.48. The van der Waals surface area contributed by atoms with E-state index >= 15 is 0 Å². The maximum Gasteiger partial charge on any atom is 0.119 e. The highest BCUT2D eigenvalue weighted by molar-refractivity contribution is 5.87. The fourth-order valence-electron chi connectivity index (χ4n) is 2.39. The summed E-state index contributed by atoms with van der Waals surface area (Å²) in [6, 6.07) is 3.94. The number of rotatable bonds is 1. The van der Waals surface area contributed by atoms with Crippen LogP contribution in [-0.2, 0) is 0 Å². The number of phenols is 1. The summed E-state index contributed by atoms with van der Waals surface area (Å²) in [4.78, 5) is 3.41. The molecule has 0 radical (unpaired) electrons. The van der Waals surface area contributed by atoms with Gasteiger partial charge in [0.1, 0.15) is 5.75 Å². The molecule has 1 aromatic carbocycles. The van der Waals surface area contributed by atoms with Gasteiger partial charge in [0.2, 0.25) is 0 Å². The summed E-state index contributed by atoms with van der Waals surface area (Å²) in [5.41, 5.74) is 4.77. The smallest absolute Gasteiger partial charge is 0.119 e. The van der Waals surface area contributed by atoms with Gasteiger partial charge in [-0.15, -0.1) is 0 Å². The molecule has 1 fully saturated rings. The van der Waals surface area contributed by atoms with Crippen molar-refractivity contribution in [2.75, 3.05) is 0 Å². The Morgan fingerprint density at radius 3 is 2.67 bits per heavy atom. The third kappa shape index (κ3) is 1.24. The normalized spacial score (nSPS) is 16.1. The van der Waals surface area contributed by atoms with Crippen molar-refractivity contribution >= 4 is 10.9 Å². The quantitative estimate of drug-likeness (QED) is 0.729. The van der Waals surface area contributed by atoms with Gasteiger partial charge in [0.15, 0.2) is 0 Å². The number of aromatic hydroxyl groups is 1. The van der Waals surface area contributed by atoms with Gasteiger partial charge < -0.3 is 10.1 Å². The number of fused-ring (bicyclic) bond motifs is 1. The number of H-pyrrole nitrogens is 1. The fourth-order valence-corrected chi connectivity index (χ4v) is 2.39. The molecule has 1 aliphatic carbocycles. The molecule has 0 amide bonds. The number of aromatic nitrogens is 1. The summed E-state index contributed by atoms with van der Waals surface area (Å²) in [6.45, 7) is 4.06. The minimum Gasteiger partial charge on any atom is -0.508 e. The largest absolute Gasteiger partial charge is 0.508 e. The minimum absolute atomic E-state index is 0.406. The van der Waals surface area contributed by atoms with E-state index in [2.05, 4.69) is 11.9 Å². The molecule has 2 N–H and O–H groups in total. The molecule has 1 saturated carbocycles. The van der Waals surface area contributed by atoms with E-state index in [0.29, 0.717) is 5.75 Å².